The molecule has 0 saturated carbocycles. The molecule has 1 amide bonds. The van der Waals surface area contributed by atoms with Crippen molar-refractivity contribution in [2.45, 2.75) is 6.04 Å². The smallest absolute Gasteiger partial charge is 0.252 e. The van der Waals surface area contributed by atoms with Crippen LogP contribution in [0.1, 0.15) is 22.0 Å². The zero-order valence-corrected chi connectivity index (χ0v) is 18.4. The molecule has 0 heterocycles. The molecule has 0 bridgehead atoms. The van der Waals surface area contributed by atoms with E-state index in [9.17, 15) is 4.79 Å². The molecular weight excluding hydrogens is 459 g/mol. The van der Waals surface area contributed by atoms with Crippen molar-refractivity contribution in [3.05, 3.63) is 51.1 Å². The van der Waals surface area contributed by atoms with Crippen LogP contribution in [0.3, 0.4) is 0 Å². The van der Waals surface area contributed by atoms with Crippen molar-refractivity contribution < 1.29 is 19.0 Å². The van der Waals surface area contributed by atoms with Gasteiger partial charge in [-0.2, -0.15) is 0 Å². The molecular formula is C20H25IN2O4. The van der Waals surface area contributed by atoms with Gasteiger partial charge in [0.25, 0.3) is 5.91 Å². The zero-order valence-electron chi connectivity index (χ0n) is 16.2. The lowest BCUT2D eigenvalue weighted by atomic mass is 10.1. The molecule has 0 aliphatic carbocycles. The van der Waals surface area contributed by atoms with Crippen molar-refractivity contribution in [3.63, 3.8) is 0 Å². The number of amides is 1. The van der Waals surface area contributed by atoms with E-state index in [-0.39, 0.29) is 11.9 Å². The molecule has 27 heavy (non-hydrogen) atoms. The molecule has 0 radical (unpaired) electrons. The van der Waals surface area contributed by atoms with Crippen LogP contribution in [0.5, 0.6) is 17.2 Å². The van der Waals surface area contributed by atoms with Crippen LogP contribution in [0.25, 0.3) is 0 Å². The van der Waals surface area contributed by atoms with Crippen molar-refractivity contribution in [2.75, 3.05) is 42.0 Å². The maximum absolute atomic E-state index is 12.7. The standard InChI is InChI=1S/C20H25IN2O4/c1-23(2)17(13-6-8-14(25-3)9-7-13)12-22-20(24)15-10-18(26-4)19(27-5)11-16(15)21/h6-11,17H,12H2,1-5H3,(H,22,24). The van der Waals surface area contributed by atoms with Crippen LogP contribution in [0.4, 0.5) is 0 Å². The highest BCUT2D eigenvalue weighted by Gasteiger charge is 2.19. The van der Waals surface area contributed by atoms with E-state index in [0.717, 1.165) is 14.9 Å². The Bertz CT molecular complexity index is 778. The number of nitrogens with one attached hydrogen (secondary N) is 1. The average Bonchev–Trinajstić information content (AvgIpc) is 2.67. The summed E-state index contributed by atoms with van der Waals surface area (Å²) >= 11 is 2.13. The van der Waals surface area contributed by atoms with Crippen LogP contribution in [-0.2, 0) is 0 Å². The Morgan fingerprint density at radius 2 is 1.63 bits per heavy atom. The molecule has 0 aromatic heterocycles. The lowest BCUT2D eigenvalue weighted by Gasteiger charge is -2.25. The number of rotatable bonds is 8. The summed E-state index contributed by atoms with van der Waals surface area (Å²) in [5, 5.41) is 3.02. The summed E-state index contributed by atoms with van der Waals surface area (Å²) in [7, 11) is 8.74. The molecule has 146 valence electrons. The molecule has 0 spiro atoms. The van der Waals surface area contributed by atoms with E-state index in [4.69, 9.17) is 14.2 Å². The van der Waals surface area contributed by atoms with Gasteiger partial charge in [-0.25, -0.2) is 0 Å². The largest absolute Gasteiger partial charge is 0.497 e. The van der Waals surface area contributed by atoms with E-state index in [1.165, 1.54) is 0 Å². The summed E-state index contributed by atoms with van der Waals surface area (Å²) in [6.07, 6.45) is 0. The van der Waals surface area contributed by atoms with Crippen molar-refractivity contribution in [1.29, 1.82) is 0 Å². The summed E-state index contributed by atoms with van der Waals surface area (Å²) in [4.78, 5) is 14.8. The minimum absolute atomic E-state index is 0.0395. The quantitative estimate of drug-likeness (QED) is 0.583. The molecule has 1 N–H and O–H groups in total. The van der Waals surface area contributed by atoms with Gasteiger partial charge in [-0.1, -0.05) is 12.1 Å². The second-order valence-corrected chi connectivity index (χ2v) is 7.31. The van der Waals surface area contributed by atoms with Gasteiger partial charge in [0.15, 0.2) is 11.5 Å². The first-order chi connectivity index (χ1) is 12.9. The van der Waals surface area contributed by atoms with E-state index in [1.807, 2.05) is 38.4 Å². The number of hydrogen-bond donors (Lipinski definition) is 1. The Kier molecular flexibility index (Phi) is 7.73. The van der Waals surface area contributed by atoms with E-state index < -0.39 is 0 Å². The summed E-state index contributed by atoms with van der Waals surface area (Å²) in [6.45, 7) is 0.475. The van der Waals surface area contributed by atoms with Crippen LogP contribution in [0, 0.1) is 3.57 Å². The molecule has 1 atom stereocenters. The maximum atomic E-state index is 12.7. The zero-order chi connectivity index (χ0) is 20.0. The summed E-state index contributed by atoms with van der Waals surface area (Å²) in [5.74, 6) is 1.78. The van der Waals surface area contributed by atoms with Crippen LogP contribution in [-0.4, -0.2) is 52.8 Å². The number of halogens is 1. The fraction of sp³-hybridized carbons (Fsp3) is 0.350. The van der Waals surface area contributed by atoms with Crippen LogP contribution < -0.4 is 19.5 Å². The highest BCUT2D eigenvalue weighted by atomic mass is 127. The SMILES string of the molecule is COc1ccc(C(CNC(=O)c2cc(OC)c(OC)cc2I)N(C)C)cc1. The van der Waals surface area contributed by atoms with Crippen LogP contribution >= 0.6 is 22.6 Å². The second-order valence-electron chi connectivity index (χ2n) is 6.15. The Hall–Kier alpha value is -2.00. The van der Waals surface area contributed by atoms with Gasteiger partial charge in [0.05, 0.1) is 32.9 Å². The Balaban J connectivity index is 2.16. The third-order valence-corrected chi connectivity index (χ3v) is 5.19. The van der Waals surface area contributed by atoms with Gasteiger partial charge < -0.3 is 24.4 Å². The van der Waals surface area contributed by atoms with Gasteiger partial charge in [0.1, 0.15) is 5.75 Å². The van der Waals surface area contributed by atoms with Gasteiger partial charge in [0.2, 0.25) is 0 Å². The van der Waals surface area contributed by atoms with Gasteiger partial charge in [-0.3, -0.25) is 4.79 Å². The Morgan fingerprint density at radius 3 is 2.15 bits per heavy atom. The van der Waals surface area contributed by atoms with Crippen molar-refractivity contribution >= 4 is 28.5 Å². The summed E-state index contributed by atoms with van der Waals surface area (Å²) in [6, 6.07) is 11.4. The minimum atomic E-state index is -0.152. The molecule has 0 aliphatic rings. The van der Waals surface area contributed by atoms with Gasteiger partial charge in [-0.15, -0.1) is 0 Å². The van der Waals surface area contributed by atoms with Gasteiger partial charge >= 0.3 is 0 Å². The average molecular weight is 484 g/mol. The van der Waals surface area contributed by atoms with Crippen molar-refractivity contribution in [3.8, 4) is 17.2 Å². The highest BCUT2D eigenvalue weighted by molar-refractivity contribution is 14.1. The molecule has 2 aromatic rings. The lowest BCUT2D eigenvalue weighted by Crippen LogP contribution is -2.34. The molecule has 2 aromatic carbocycles. The van der Waals surface area contributed by atoms with E-state index in [0.29, 0.717) is 23.6 Å². The molecule has 7 heteroatoms. The maximum Gasteiger partial charge on any atom is 0.252 e. The molecule has 6 nitrogen and oxygen atoms in total. The third-order valence-electron chi connectivity index (χ3n) is 4.30. The summed E-state index contributed by atoms with van der Waals surface area (Å²) in [5.41, 5.74) is 1.66. The number of likely N-dealkylation sites (N-methyl/N-ethyl adjacent to an activating group) is 1. The van der Waals surface area contributed by atoms with E-state index >= 15 is 0 Å². The monoisotopic (exact) mass is 484 g/mol. The van der Waals surface area contributed by atoms with Gasteiger partial charge in [0, 0.05) is 10.1 Å². The summed E-state index contributed by atoms with van der Waals surface area (Å²) < 4.78 is 16.6. The predicted octanol–water partition coefficient (Wildman–Crippen LogP) is 3.35. The molecule has 0 aliphatic heterocycles. The number of ether oxygens (including phenoxy) is 3. The number of benzene rings is 2. The van der Waals surface area contributed by atoms with Crippen LogP contribution in [0.15, 0.2) is 36.4 Å². The highest BCUT2D eigenvalue weighted by Crippen LogP contribution is 2.31. The number of nitrogens with zero attached hydrogens (tertiary/aromatic N) is 1. The first kappa shape index (κ1) is 21.3. The molecule has 0 fully saturated rings. The number of carbonyl (C=O) groups is 1. The molecule has 1 unspecified atom stereocenters. The van der Waals surface area contributed by atoms with Crippen molar-refractivity contribution in [1.82, 2.24) is 10.2 Å². The Morgan fingerprint density at radius 1 is 1.04 bits per heavy atom. The third kappa shape index (κ3) is 5.26. The lowest BCUT2D eigenvalue weighted by molar-refractivity contribution is 0.0940. The topological polar surface area (TPSA) is 60.0 Å². The van der Waals surface area contributed by atoms with E-state index in [1.54, 1.807) is 33.5 Å². The number of hydrogen-bond acceptors (Lipinski definition) is 5. The first-order valence-corrected chi connectivity index (χ1v) is 9.49. The fourth-order valence-corrected chi connectivity index (χ4v) is 3.42. The van der Waals surface area contributed by atoms with Crippen LogP contribution in [0.2, 0.25) is 0 Å². The minimum Gasteiger partial charge on any atom is -0.497 e. The van der Waals surface area contributed by atoms with Gasteiger partial charge in [-0.05, 0) is 66.5 Å². The second kappa shape index (κ2) is 9.80. The molecule has 2 rings (SSSR count). The number of methoxy groups -OCH3 is 3. The van der Waals surface area contributed by atoms with Crippen molar-refractivity contribution in [2.24, 2.45) is 0 Å². The normalized spacial score (nSPS) is 11.8. The number of carbonyl (C=O) groups excluding carboxylic acids is 1. The molecule has 0 saturated heterocycles. The predicted molar refractivity (Wildman–Crippen MR) is 114 cm³/mol. The fourth-order valence-electron chi connectivity index (χ4n) is 2.74. The Labute approximate surface area is 173 Å². The van der Waals surface area contributed by atoms with E-state index in [2.05, 4.69) is 32.8 Å². The first-order valence-electron chi connectivity index (χ1n) is 8.41.